The van der Waals surface area contributed by atoms with Crippen molar-refractivity contribution in [2.24, 2.45) is 11.8 Å². The van der Waals surface area contributed by atoms with Gasteiger partial charge in [0.1, 0.15) is 6.61 Å². The molecule has 1 saturated carbocycles. The molecule has 1 N–H and O–H groups in total. The Labute approximate surface area is 222 Å². The first kappa shape index (κ1) is 27.8. The molecule has 2 atom stereocenters. The molecule has 7 nitrogen and oxygen atoms in total. The lowest BCUT2D eigenvalue weighted by molar-refractivity contribution is -0.128. The minimum absolute atomic E-state index is 0.0318. The average Bonchev–Trinajstić information content (AvgIpc) is 2.92. The van der Waals surface area contributed by atoms with Crippen LogP contribution in [0.1, 0.15) is 50.1 Å². The number of sulfonamides is 1. The highest BCUT2D eigenvalue weighted by atomic mass is 32.2. The van der Waals surface area contributed by atoms with E-state index in [0.29, 0.717) is 35.9 Å². The third kappa shape index (κ3) is 7.41. The number of carbonyl (C=O) groups is 1. The molecule has 1 amide bonds. The molecule has 8 heteroatoms. The smallest absolute Gasteiger partial charge is 0.246 e. The zero-order chi connectivity index (χ0) is 26.3. The maximum atomic E-state index is 12.9. The monoisotopic (exact) mass is 527 g/mol. The Kier molecular flexibility index (Phi) is 9.76. The standard InChI is InChI=1S/C29H41N3O4S/c1-31(2)29(24-10-5-3-6-11-24)25-17-15-23(16-18-25)20-30-28(33)22-36-26-12-9-19-32(21-26)37(34,35)27-13-7-4-8-14-27/h3-8,10-11,13-14,23,25-26,29H,9,12,15-22H2,1-2H3,(H,30,33). The van der Waals surface area contributed by atoms with Gasteiger partial charge in [-0.1, -0.05) is 48.5 Å². The quantitative estimate of drug-likeness (QED) is 0.504. The number of nitrogens with one attached hydrogen (secondary N) is 1. The van der Waals surface area contributed by atoms with Gasteiger partial charge in [-0.25, -0.2) is 8.42 Å². The van der Waals surface area contributed by atoms with E-state index in [1.165, 1.54) is 9.87 Å². The lowest BCUT2D eigenvalue weighted by Gasteiger charge is -2.37. The molecule has 0 spiro atoms. The molecule has 202 valence electrons. The second-order valence-electron chi connectivity index (χ2n) is 10.7. The number of hydrogen-bond acceptors (Lipinski definition) is 5. The molecule has 0 radical (unpaired) electrons. The van der Waals surface area contributed by atoms with Crippen molar-refractivity contribution in [2.75, 3.05) is 40.3 Å². The number of ether oxygens (including phenoxy) is 1. The summed E-state index contributed by atoms with van der Waals surface area (Å²) in [5.74, 6) is 0.981. The summed E-state index contributed by atoms with van der Waals surface area (Å²) >= 11 is 0. The number of piperidine rings is 1. The van der Waals surface area contributed by atoms with E-state index in [-0.39, 0.29) is 25.2 Å². The summed E-state index contributed by atoms with van der Waals surface area (Å²) in [4.78, 5) is 15.1. The highest BCUT2D eigenvalue weighted by Crippen LogP contribution is 2.39. The predicted octanol–water partition coefficient (Wildman–Crippen LogP) is 4.08. The van der Waals surface area contributed by atoms with Gasteiger partial charge in [0.2, 0.25) is 15.9 Å². The van der Waals surface area contributed by atoms with Gasteiger partial charge in [-0.05, 0) is 82.2 Å². The lowest BCUT2D eigenvalue weighted by Crippen LogP contribution is -2.44. The van der Waals surface area contributed by atoms with E-state index in [1.54, 1.807) is 30.3 Å². The van der Waals surface area contributed by atoms with Crippen LogP contribution in [0.5, 0.6) is 0 Å². The Hall–Kier alpha value is -2.26. The Morgan fingerprint density at radius 3 is 2.30 bits per heavy atom. The van der Waals surface area contributed by atoms with Crippen molar-refractivity contribution >= 4 is 15.9 Å². The van der Waals surface area contributed by atoms with Crippen LogP contribution in [0.2, 0.25) is 0 Å². The van der Waals surface area contributed by atoms with Gasteiger partial charge in [0.15, 0.2) is 0 Å². The summed E-state index contributed by atoms with van der Waals surface area (Å²) in [6.45, 7) is 1.40. The Balaban J connectivity index is 1.18. The molecule has 2 unspecified atom stereocenters. The number of hydrogen-bond donors (Lipinski definition) is 1. The van der Waals surface area contributed by atoms with Gasteiger partial charge in [0, 0.05) is 25.7 Å². The van der Waals surface area contributed by atoms with E-state index in [9.17, 15) is 13.2 Å². The van der Waals surface area contributed by atoms with Crippen LogP contribution in [-0.4, -0.2) is 70.0 Å². The second kappa shape index (κ2) is 13.0. The van der Waals surface area contributed by atoms with Crippen molar-refractivity contribution in [2.45, 2.75) is 55.6 Å². The molecular formula is C29H41N3O4S. The fourth-order valence-corrected chi connectivity index (χ4v) is 7.39. The zero-order valence-electron chi connectivity index (χ0n) is 22.1. The largest absolute Gasteiger partial charge is 0.367 e. The molecule has 37 heavy (non-hydrogen) atoms. The van der Waals surface area contributed by atoms with Crippen LogP contribution in [-0.2, 0) is 19.6 Å². The summed E-state index contributed by atoms with van der Waals surface area (Å²) in [6.07, 6.45) is 5.74. The van der Waals surface area contributed by atoms with Crippen LogP contribution in [0.4, 0.5) is 0 Å². The van der Waals surface area contributed by atoms with Crippen LogP contribution in [0.25, 0.3) is 0 Å². The van der Waals surface area contributed by atoms with Crippen molar-refractivity contribution < 1.29 is 17.9 Å². The van der Waals surface area contributed by atoms with Gasteiger partial charge in [0.25, 0.3) is 0 Å². The maximum Gasteiger partial charge on any atom is 0.246 e. The molecule has 0 aromatic heterocycles. The number of benzene rings is 2. The van der Waals surface area contributed by atoms with Crippen molar-refractivity contribution in [1.82, 2.24) is 14.5 Å². The Morgan fingerprint density at radius 1 is 1.00 bits per heavy atom. The van der Waals surface area contributed by atoms with Crippen LogP contribution < -0.4 is 5.32 Å². The van der Waals surface area contributed by atoms with Crippen molar-refractivity contribution in [3.63, 3.8) is 0 Å². The van der Waals surface area contributed by atoms with Crippen molar-refractivity contribution in [3.8, 4) is 0 Å². The Morgan fingerprint density at radius 2 is 1.65 bits per heavy atom. The Bertz CT molecular complexity index is 1090. The summed E-state index contributed by atoms with van der Waals surface area (Å²) < 4.78 is 33.2. The van der Waals surface area contributed by atoms with Crippen molar-refractivity contribution in [1.29, 1.82) is 0 Å². The summed E-state index contributed by atoms with van der Waals surface area (Å²) in [6, 6.07) is 19.6. The highest BCUT2D eigenvalue weighted by Gasteiger charge is 2.32. The molecule has 2 fully saturated rings. The highest BCUT2D eigenvalue weighted by molar-refractivity contribution is 7.89. The third-order valence-corrected chi connectivity index (χ3v) is 9.67. The fraction of sp³-hybridized carbons (Fsp3) is 0.552. The van der Waals surface area contributed by atoms with Gasteiger partial charge in [-0.15, -0.1) is 0 Å². The van der Waals surface area contributed by atoms with Gasteiger partial charge in [0.05, 0.1) is 11.0 Å². The molecule has 2 aromatic carbocycles. The molecule has 1 aliphatic carbocycles. The van der Waals surface area contributed by atoms with Gasteiger partial charge in [-0.2, -0.15) is 4.31 Å². The molecule has 4 rings (SSSR count). The van der Waals surface area contributed by atoms with Crippen LogP contribution >= 0.6 is 0 Å². The maximum absolute atomic E-state index is 12.9. The molecule has 1 heterocycles. The van der Waals surface area contributed by atoms with Crippen LogP contribution in [0.15, 0.2) is 65.6 Å². The number of amides is 1. The number of nitrogens with zero attached hydrogens (tertiary/aromatic N) is 2. The van der Waals surface area contributed by atoms with Gasteiger partial charge in [-0.3, -0.25) is 4.79 Å². The van der Waals surface area contributed by atoms with Gasteiger partial charge < -0.3 is 15.0 Å². The lowest BCUT2D eigenvalue weighted by atomic mass is 9.76. The number of rotatable bonds is 10. The molecule has 0 bridgehead atoms. The fourth-order valence-electron chi connectivity index (χ4n) is 5.85. The van der Waals surface area contributed by atoms with Crippen molar-refractivity contribution in [3.05, 3.63) is 66.2 Å². The molecule has 2 aliphatic rings. The van der Waals surface area contributed by atoms with E-state index in [2.05, 4.69) is 54.6 Å². The SMILES string of the molecule is CN(C)C(c1ccccc1)C1CCC(CNC(=O)COC2CCCN(S(=O)(=O)c3ccccc3)C2)CC1. The van der Waals surface area contributed by atoms with Crippen LogP contribution in [0, 0.1) is 11.8 Å². The first-order valence-electron chi connectivity index (χ1n) is 13.5. The minimum Gasteiger partial charge on any atom is -0.367 e. The van der Waals surface area contributed by atoms with E-state index in [1.807, 2.05) is 0 Å². The van der Waals surface area contributed by atoms with Gasteiger partial charge >= 0.3 is 0 Å². The summed E-state index contributed by atoms with van der Waals surface area (Å²) in [5.41, 5.74) is 1.37. The summed E-state index contributed by atoms with van der Waals surface area (Å²) in [5, 5.41) is 3.05. The van der Waals surface area contributed by atoms with Crippen LogP contribution in [0.3, 0.4) is 0 Å². The first-order valence-corrected chi connectivity index (χ1v) is 14.9. The van der Waals surface area contributed by atoms with E-state index >= 15 is 0 Å². The van der Waals surface area contributed by atoms with E-state index in [0.717, 1.165) is 38.5 Å². The predicted molar refractivity (Wildman–Crippen MR) is 146 cm³/mol. The molecule has 2 aromatic rings. The summed E-state index contributed by atoms with van der Waals surface area (Å²) in [7, 11) is 0.776. The molecule has 1 aliphatic heterocycles. The molecule has 1 saturated heterocycles. The topological polar surface area (TPSA) is 79.0 Å². The zero-order valence-corrected chi connectivity index (χ0v) is 22.9. The third-order valence-electron chi connectivity index (χ3n) is 7.80. The average molecular weight is 528 g/mol. The van der Waals surface area contributed by atoms with E-state index < -0.39 is 10.0 Å². The normalized spacial score (nSPS) is 24.0. The second-order valence-corrected chi connectivity index (χ2v) is 12.6. The first-order chi connectivity index (χ1) is 17.8. The minimum atomic E-state index is -3.54. The van der Waals surface area contributed by atoms with E-state index in [4.69, 9.17) is 4.74 Å². The molecular weight excluding hydrogens is 486 g/mol. The number of carbonyl (C=O) groups excluding carboxylic acids is 1.